The van der Waals surface area contributed by atoms with E-state index in [1.54, 1.807) is 0 Å². The van der Waals surface area contributed by atoms with Gasteiger partial charge in [0.25, 0.3) is 0 Å². The summed E-state index contributed by atoms with van der Waals surface area (Å²) in [6, 6.07) is 0. The molecule has 0 radical (unpaired) electrons. The summed E-state index contributed by atoms with van der Waals surface area (Å²) in [6.07, 6.45) is 5.63. The molecule has 0 aromatic rings. The van der Waals surface area contributed by atoms with Gasteiger partial charge >= 0.3 is 5.97 Å². The van der Waals surface area contributed by atoms with E-state index in [-0.39, 0.29) is 5.91 Å². The lowest BCUT2D eigenvalue weighted by atomic mass is 9.81. The van der Waals surface area contributed by atoms with Gasteiger partial charge in [0, 0.05) is 6.54 Å². The molecule has 16 heavy (non-hydrogen) atoms. The van der Waals surface area contributed by atoms with Crippen molar-refractivity contribution >= 4 is 11.9 Å². The first-order valence-electron chi connectivity index (χ1n) is 6.06. The molecule has 0 atom stereocenters. The van der Waals surface area contributed by atoms with Gasteiger partial charge in [-0.05, 0) is 18.3 Å². The van der Waals surface area contributed by atoms with E-state index in [1.807, 2.05) is 0 Å². The highest BCUT2D eigenvalue weighted by molar-refractivity contribution is 5.93. The minimum absolute atomic E-state index is 0.378. The van der Waals surface area contributed by atoms with E-state index in [2.05, 4.69) is 12.2 Å². The van der Waals surface area contributed by atoms with Crippen molar-refractivity contribution in [3.8, 4) is 0 Å². The molecule has 0 bridgehead atoms. The van der Waals surface area contributed by atoms with Gasteiger partial charge in [0.05, 0.1) is 0 Å². The molecule has 0 aliphatic heterocycles. The molecule has 4 heteroatoms. The summed E-state index contributed by atoms with van der Waals surface area (Å²) in [7, 11) is 0. The Hall–Kier alpha value is -1.06. The Morgan fingerprint density at radius 1 is 1.25 bits per heavy atom. The monoisotopic (exact) mass is 227 g/mol. The van der Waals surface area contributed by atoms with Gasteiger partial charge in [0.1, 0.15) is 6.42 Å². The van der Waals surface area contributed by atoms with E-state index in [4.69, 9.17) is 5.11 Å². The summed E-state index contributed by atoms with van der Waals surface area (Å²) in [5.41, 5.74) is 0. The molecule has 4 nitrogen and oxygen atoms in total. The first kappa shape index (κ1) is 13.0. The summed E-state index contributed by atoms with van der Waals surface area (Å²) >= 11 is 0. The maximum absolute atomic E-state index is 11.1. The van der Waals surface area contributed by atoms with Crippen LogP contribution in [0.1, 0.15) is 45.4 Å². The maximum atomic E-state index is 11.1. The third-order valence-electron chi connectivity index (χ3n) is 3.32. The number of aliphatic carboxylic acids is 1. The van der Waals surface area contributed by atoms with Crippen molar-refractivity contribution in [1.82, 2.24) is 5.32 Å². The van der Waals surface area contributed by atoms with Crippen LogP contribution in [-0.2, 0) is 9.59 Å². The van der Waals surface area contributed by atoms with Crippen molar-refractivity contribution in [3.05, 3.63) is 0 Å². The quantitative estimate of drug-likeness (QED) is 0.704. The number of carbonyl (C=O) groups excluding carboxylic acids is 1. The normalized spacial score (nSPS) is 25.1. The number of hydrogen-bond acceptors (Lipinski definition) is 2. The predicted molar refractivity (Wildman–Crippen MR) is 61.0 cm³/mol. The minimum Gasteiger partial charge on any atom is -0.481 e. The molecule has 0 aromatic heterocycles. The van der Waals surface area contributed by atoms with Crippen LogP contribution in [0.15, 0.2) is 0 Å². The fourth-order valence-corrected chi connectivity index (χ4v) is 2.23. The average molecular weight is 227 g/mol. The summed E-state index contributed by atoms with van der Waals surface area (Å²) < 4.78 is 0. The lowest BCUT2D eigenvalue weighted by Gasteiger charge is -2.26. The van der Waals surface area contributed by atoms with Crippen molar-refractivity contribution in [1.29, 1.82) is 0 Å². The topological polar surface area (TPSA) is 66.4 Å². The third-order valence-corrected chi connectivity index (χ3v) is 3.32. The Balaban J connectivity index is 2.07. The molecule has 0 unspecified atom stereocenters. The van der Waals surface area contributed by atoms with E-state index in [1.165, 1.54) is 25.7 Å². The average Bonchev–Trinajstić information content (AvgIpc) is 2.20. The van der Waals surface area contributed by atoms with E-state index in [9.17, 15) is 9.59 Å². The Bertz CT molecular complexity index is 245. The molecule has 92 valence electrons. The highest BCUT2D eigenvalue weighted by Gasteiger charge is 2.18. The van der Waals surface area contributed by atoms with Gasteiger partial charge in [-0.1, -0.05) is 32.6 Å². The van der Waals surface area contributed by atoms with Gasteiger partial charge in [-0.2, -0.15) is 0 Å². The number of hydrogen-bond donors (Lipinski definition) is 2. The van der Waals surface area contributed by atoms with Gasteiger partial charge in [-0.15, -0.1) is 0 Å². The number of nitrogens with one attached hydrogen (secondary N) is 1. The van der Waals surface area contributed by atoms with Gasteiger partial charge in [0.15, 0.2) is 0 Å². The van der Waals surface area contributed by atoms with Crippen molar-refractivity contribution in [2.24, 2.45) is 11.8 Å². The number of carboxylic acids is 1. The van der Waals surface area contributed by atoms with Crippen LogP contribution in [0, 0.1) is 11.8 Å². The molecule has 2 N–H and O–H groups in total. The zero-order valence-electron chi connectivity index (χ0n) is 9.87. The molecule has 1 amide bonds. The Labute approximate surface area is 96.4 Å². The van der Waals surface area contributed by atoms with Crippen LogP contribution in [0.2, 0.25) is 0 Å². The fraction of sp³-hybridized carbons (Fsp3) is 0.833. The number of amides is 1. The van der Waals surface area contributed by atoms with E-state index in [0.717, 1.165) is 12.3 Å². The van der Waals surface area contributed by atoms with Crippen molar-refractivity contribution < 1.29 is 14.7 Å². The van der Waals surface area contributed by atoms with Crippen molar-refractivity contribution in [2.75, 3.05) is 6.54 Å². The molecule has 0 spiro atoms. The molecule has 0 heterocycles. The summed E-state index contributed by atoms with van der Waals surface area (Å²) in [6.45, 7) is 2.90. The minimum atomic E-state index is -1.07. The highest BCUT2D eigenvalue weighted by Crippen LogP contribution is 2.29. The molecular weight excluding hydrogens is 206 g/mol. The zero-order valence-corrected chi connectivity index (χ0v) is 9.87. The summed E-state index contributed by atoms with van der Waals surface area (Å²) in [5, 5.41) is 11.1. The van der Waals surface area contributed by atoms with E-state index in [0.29, 0.717) is 12.5 Å². The Morgan fingerprint density at radius 2 is 1.88 bits per heavy atom. The Morgan fingerprint density at radius 3 is 2.44 bits per heavy atom. The van der Waals surface area contributed by atoms with Crippen LogP contribution in [-0.4, -0.2) is 23.5 Å². The van der Waals surface area contributed by atoms with Crippen LogP contribution < -0.4 is 5.32 Å². The molecule has 1 rings (SSSR count). The first-order chi connectivity index (χ1) is 7.58. The second kappa shape index (κ2) is 6.51. The van der Waals surface area contributed by atoms with Crippen molar-refractivity contribution in [2.45, 2.75) is 45.4 Å². The lowest BCUT2D eigenvalue weighted by molar-refractivity contribution is -0.140. The number of carbonyl (C=O) groups is 2. The number of carboxylic acid groups (broad SMARTS) is 1. The number of rotatable bonds is 5. The zero-order chi connectivity index (χ0) is 12.0. The maximum Gasteiger partial charge on any atom is 0.312 e. The SMILES string of the molecule is CC1CCC(CCNC(=O)CC(=O)O)CC1. The second-order valence-corrected chi connectivity index (χ2v) is 4.84. The van der Waals surface area contributed by atoms with E-state index >= 15 is 0 Å². The van der Waals surface area contributed by atoms with Gasteiger partial charge in [-0.25, -0.2) is 0 Å². The molecular formula is C12H21NO3. The highest BCUT2D eigenvalue weighted by atomic mass is 16.4. The first-order valence-corrected chi connectivity index (χ1v) is 6.06. The fourth-order valence-electron chi connectivity index (χ4n) is 2.23. The van der Waals surface area contributed by atoms with Gasteiger partial charge < -0.3 is 10.4 Å². The largest absolute Gasteiger partial charge is 0.481 e. The second-order valence-electron chi connectivity index (χ2n) is 4.84. The Kier molecular flexibility index (Phi) is 5.29. The third kappa shape index (κ3) is 5.14. The molecule has 1 saturated carbocycles. The smallest absolute Gasteiger partial charge is 0.312 e. The van der Waals surface area contributed by atoms with Gasteiger partial charge in [-0.3, -0.25) is 9.59 Å². The summed E-state index contributed by atoms with van der Waals surface area (Å²) in [4.78, 5) is 21.3. The predicted octanol–water partition coefficient (Wildman–Crippen LogP) is 1.79. The van der Waals surface area contributed by atoms with Crippen LogP contribution in [0.25, 0.3) is 0 Å². The standard InChI is InChI=1S/C12H21NO3/c1-9-2-4-10(5-3-9)6-7-13-11(14)8-12(15)16/h9-10H,2-8H2,1H3,(H,13,14)(H,15,16). The molecule has 0 saturated heterocycles. The lowest BCUT2D eigenvalue weighted by Crippen LogP contribution is -2.28. The van der Waals surface area contributed by atoms with E-state index < -0.39 is 12.4 Å². The molecule has 1 fully saturated rings. The molecule has 1 aliphatic rings. The van der Waals surface area contributed by atoms with Crippen LogP contribution in [0.4, 0.5) is 0 Å². The molecule has 0 aromatic carbocycles. The summed E-state index contributed by atoms with van der Waals surface area (Å²) in [5.74, 6) is 0.111. The van der Waals surface area contributed by atoms with Crippen molar-refractivity contribution in [3.63, 3.8) is 0 Å². The van der Waals surface area contributed by atoms with Crippen LogP contribution in [0.5, 0.6) is 0 Å². The van der Waals surface area contributed by atoms with Crippen LogP contribution >= 0.6 is 0 Å². The molecule has 1 aliphatic carbocycles. The van der Waals surface area contributed by atoms with Gasteiger partial charge in [0.2, 0.25) is 5.91 Å². The van der Waals surface area contributed by atoms with Crippen LogP contribution in [0.3, 0.4) is 0 Å².